The van der Waals surface area contributed by atoms with Crippen molar-refractivity contribution >= 4 is 28.5 Å². The van der Waals surface area contributed by atoms with E-state index in [-0.39, 0.29) is 6.10 Å². The van der Waals surface area contributed by atoms with Crippen molar-refractivity contribution in [2.24, 2.45) is 0 Å². The largest absolute Gasteiger partial charge is 0.459 e. The zero-order chi connectivity index (χ0) is 18.8. The van der Waals surface area contributed by atoms with E-state index in [2.05, 4.69) is 9.97 Å². The van der Waals surface area contributed by atoms with E-state index in [1.165, 1.54) is 6.20 Å². The fraction of sp³-hybridized carbons (Fsp3) is 0.316. The summed E-state index contributed by atoms with van der Waals surface area (Å²) in [5.74, 6) is 0.180. The minimum absolute atomic E-state index is 0.240. The predicted octanol–water partition coefficient (Wildman–Crippen LogP) is 3.94. The van der Waals surface area contributed by atoms with Crippen molar-refractivity contribution in [3.05, 3.63) is 47.0 Å². The Bertz CT molecular complexity index is 966. The third-order valence-electron chi connectivity index (χ3n) is 3.91. The number of esters is 1. The number of halogens is 1. The summed E-state index contributed by atoms with van der Waals surface area (Å²) in [6, 6.07) is 5.55. The lowest BCUT2D eigenvalue weighted by atomic mass is 10.1. The Morgan fingerprint density at radius 3 is 2.77 bits per heavy atom. The molecule has 2 aromatic heterocycles. The highest BCUT2D eigenvalue weighted by Gasteiger charge is 2.22. The highest BCUT2D eigenvalue weighted by molar-refractivity contribution is 6.35. The number of ether oxygens (including phenoxy) is 1. The normalized spacial score (nSPS) is 11.2. The Morgan fingerprint density at radius 2 is 2.12 bits per heavy atom. The molecule has 0 bridgehead atoms. The molecule has 2 heterocycles. The number of hydrogen-bond acceptors (Lipinski definition) is 5. The number of hydrogen-bond donors (Lipinski definition) is 0. The highest BCUT2D eigenvalue weighted by Crippen LogP contribution is 2.34. The molecule has 0 radical (unpaired) electrons. The van der Waals surface area contributed by atoms with Crippen LogP contribution in [0.2, 0.25) is 5.02 Å². The van der Waals surface area contributed by atoms with Crippen molar-refractivity contribution in [1.29, 1.82) is 0 Å². The summed E-state index contributed by atoms with van der Waals surface area (Å²) in [6.07, 6.45) is 3.70. The molecule has 0 amide bonds. The van der Waals surface area contributed by atoms with Gasteiger partial charge < -0.3 is 9.57 Å². The fourth-order valence-electron chi connectivity index (χ4n) is 2.76. The molecular formula is C19H20ClN3O3. The van der Waals surface area contributed by atoms with Crippen LogP contribution in [-0.2, 0) is 11.2 Å². The van der Waals surface area contributed by atoms with Gasteiger partial charge in [0, 0.05) is 23.6 Å². The van der Waals surface area contributed by atoms with Crippen molar-refractivity contribution in [1.82, 2.24) is 14.7 Å². The van der Waals surface area contributed by atoms with Gasteiger partial charge in [-0.15, -0.1) is 0 Å². The van der Waals surface area contributed by atoms with Crippen LogP contribution in [0.4, 0.5) is 0 Å². The number of fused-ring (bicyclic) bond motifs is 1. The van der Waals surface area contributed by atoms with Crippen molar-refractivity contribution in [3.63, 3.8) is 0 Å². The average Bonchev–Trinajstić information content (AvgIpc) is 3.00. The van der Waals surface area contributed by atoms with Gasteiger partial charge in [-0.25, -0.2) is 14.8 Å². The molecule has 1 aromatic carbocycles. The second kappa shape index (κ2) is 7.33. The van der Waals surface area contributed by atoms with Crippen LogP contribution in [0.15, 0.2) is 30.6 Å². The van der Waals surface area contributed by atoms with Crippen LogP contribution in [0.25, 0.3) is 22.2 Å². The van der Waals surface area contributed by atoms with Gasteiger partial charge in [-0.05, 0) is 19.9 Å². The Morgan fingerprint density at radius 1 is 1.35 bits per heavy atom. The van der Waals surface area contributed by atoms with Gasteiger partial charge in [-0.2, -0.15) is 4.73 Å². The zero-order valence-electron chi connectivity index (χ0n) is 15.1. The van der Waals surface area contributed by atoms with Crippen molar-refractivity contribution in [2.45, 2.75) is 33.3 Å². The van der Waals surface area contributed by atoms with E-state index in [0.29, 0.717) is 34.0 Å². The van der Waals surface area contributed by atoms with Gasteiger partial charge in [-0.1, -0.05) is 30.7 Å². The SMILES string of the molecule is CCc1ncc(C(=O)OC(C)C)c(-c2cn(OC)c3c(Cl)cccc23)n1. The maximum Gasteiger partial charge on any atom is 0.342 e. The molecule has 0 aliphatic rings. The number of aryl methyl sites for hydroxylation is 1. The molecule has 3 aromatic rings. The third-order valence-corrected chi connectivity index (χ3v) is 4.22. The third kappa shape index (κ3) is 3.24. The number of carbonyl (C=O) groups excluding carboxylic acids is 1. The predicted molar refractivity (Wildman–Crippen MR) is 100 cm³/mol. The Kier molecular flexibility index (Phi) is 5.13. The van der Waals surface area contributed by atoms with Gasteiger partial charge >= 0.3 is 5.97 Å². The van der Waals surface area contributed by atoms with Crippen molar-refractivity contribution in [3.8, 4) is 11.3 Å². The van der Waals surface area contributed by atoms with Gasteiger partial charge in [0.2, 0.25) is 0 Å². The Hall–Kier alpha value is -2.60. The summed E-state index contributed by atoms with van der Waals surface area (Å²) in [7, 11) is 1.55. The summed E-state index contributed by atoms with van der Waals surface area (Å²) in [5.41, 5.74) is 2.26. The smallest absolute Gasteiger partial charge is 0.342 e. The van der Waals surface area contributed by atoms with Gasteiger partial charge in [0.1, 0.15) is 24.0 Å². The highest BCUT2D eigenvalue weighted by atomic mass is 35.5. The first-order valence-electron chi connectivity index (χ1n) is 8.37. The zero-order valence-corrected chi connectivity index (χ0v) is 15.9. The number of para-hydroxylation sites is 1. The summed E-state index contributed by atoms with van der Waals surface area (Å²) in [5, 5.41) is 1.38. The summed E-state index contributed by atoms with van der Waals surface area (Å²) >= 11 is 6.35. The number of nitrogens with zero attached hydrogens (tertiary/aromatic N) is 3. The van der Waals surface area contributed by atoms with Gasteiger partial charge in [-0.3, -0.25) is 0 Å². The lowest BCUT2D eigenvalue weighted by Gasteiger charge is -2.11. The Balaban J connectivity index is 2.27. The average molecular weight is 374 g/mol. The van der Waals surface area contributed by atoms with E-state index in [1.54, 1.807) is 38.0 Å². The van der Waals surface area contributed by atoms with E-state index in [0.717, 1.165) is 10.9 Å². The maximum absolute atomic E-state index is 12.6. The number of carbonyl (C=O) groups is 1. The molecule has 6 nitrogen and oxygen atoms in total. The van der Waals surface area contributed by atoms with Crippen LogP contribution in [0.1, 0.15) is 37.0 Å². The molecule has 136 valence electrons. The quantitative estimate of drug-likeness (QED) is 0.634. The van der Waals surface area contributed by atoms with E-state index in [1.807, 2.05) is 19.1 Å². The molecule has 26 heavy (non-hydrogen) atoms. The Labute approximate surface area is 156 Å². The molecule has 0 N–H and O–H groups in total. The molecule has 0 unspecified atom stereocenters. The molecule has 3 rings (SSSR count). The minimum Gasteiger partial charge on any atom is -0.459 e. The molecule has 0 fully saturated rings. The summed E-state index contributed by atoms with van der Waals surface area (Å²) < 4.78 is 6.93. The molecular weight excluding hydrogens is 354 g/mol. The van der Waals surface area contributed by atoms with E-state index in [4.69, 9.17) is 21.2 Å². The molecule has 7 heteroatoms. The van der Waals surface area contributed by atoms with Crippen LogP contribution in [0.5, 0.6) is 0 Å². The standard InChI is InChI=1S/C19H20ClN3O3/c1-5-16-21-9-13(19(24)26-11(2)3)17(22-16)14-10-23(25-4)18-12(14)7-6-8-15(18)20/h6-11H,5H2,1-4H3. The van der Waals surface area contributed by atoms with Gasteiger partial charge in [0.05, 0.1) is 23.0 Å². The van der Waals surface area contributed by atoms with Crippen LogP contribution in [-0.4, -0.2) is 33.9 Å². The van der Waals surface area contributed by atoms with E-state index < -0.39 is 5.97 Å². The van der Waals surface area contributed by atoms with E-state index in [9.17, 15) is 4.79 Å². The molecule has 0 spiro atoms. The second-order valence-electron chi connectivity index (χ2n) is 6.04. The van der Waals surface area contributed by atoms with Crippen molar-refractivity contribution in [2.75, 3.05) is 7.11 Å². The molecule has 0 saturated heterocycles. The molecule has 0 saturated carbocycles. The van der Waals surface area contributed by atoms with Crippen molar-refractivity contribution < 1.29 is 14.4 Å². The number of benzene rings is 1. The van der Waals surface area contributed by atoms with Crippen LogP contribution in [0, 0.1) is 0 Å². The first-order chi connectivity index (χ1) is 12.5. The number of rotatable bonds is 5. The minimum atomic E-state index is -0.460. The first-order valence-corrected chi connectivity index (χ1v) is 8.75. The van der Waals surface area contributed by atoms with Crippen LogP contribution >= 0.6 is 11.6 Å². The van der Waals surface area contributed by atoms with Gasteiger partial charge in [0.15, 0.2) is 0 Å². The summed E-state index contributed by atoms with van der Waals surface area (Å²) in [4.78, 5) is 26.8. The maximum atomic E-state index is 12.6. The number of aromatic nitrogens is 3. The fourth-order valence-corrected chi connectivity index (χ4v) is 3.02. The van der Waals surface area contributed by atoms with Crippen LogP contribution < -0.4 is 4.84 Å². The monoisotopic (exact) mass is 373 g/mol. The summed E-state index contributed by atoms with van der Waals surface area (Å²) in [6.45, 7) is 5.56. The lowest BCUT2D eigenvalue weighted by molar-refractivity contribution is 0.0378. The lowest BCUT2D eigenvalue weighted by Crippen LogP contribution is -2.14. The van der Waals surface area contributed by atoms with Gasteiger partial charge in [0.25, 0.3) is 0 Å². The van der Waals surface area contributed by atoms with E-state index >= 15 is 0 Å². The van der Waals surface area contributed by atoms with Crippen LogP contribution in [0.3, 0.4) is 0 Å². The molecule has 0 aliphatic carbocycles. The second-order valence-corrected chi connectivity index (χ2v) is 6.45. The molecule has 0 atom stereocenters. The molecule has 0 aliphatic heterocycles. The topological polar surface area (TPSA) is 66.2 Å². The first kappa shape index (κ1) is 18.2.